The minimum Gasteiger partial charge on any atom is -0.342 e. The smallest absolute Gasteiger partial charge is 0.248 e. The molecule has 2 rings (SSSR count). The van der Waals surface area contributed by atoms with Crippen LogP contribution in [0.2, 0.25) is 0 Å². The summed E-state index contributed by atoms with van der Waals surface area (Å²) in [6.45, 7) is 7.79. The Morgan fingerprint density at radius 1 is 1.45 bits per heavy atom. The standard InChI is InChI=1S/C15H21N3O2/c1-10-6-5-7-16-12(10)9-18-11(2)8-13(19)17-15(3,4)14(18)20/h5-7,11H,8-9H2,1-4H3,(H,17,19). The highest BCUT2D eigenvalue weighted by molar-refractivity contribution is 5.93. The Kier molecular flexibility index (Phi) is 3.79. The van der Waals surface area contributed by atoms with Crippen LogP contribution in [0.1, 0.15) is 38.4 Å². The van der Waals surface area contributed by atoms with E-state index in [1.54, 1.807) is 24.9 Å². The lowest BCUT2D eigenvalue weighted by Gasteiger charge is -2.32. The van der Waals surface area contributed by atoms with Gasteiger partial charge in [0.2, 0.25) is 11.8 Å². The number of aryl methyl sites for hydroxylation is 1. The van der Waals surface area contributed by atoms with Crippen molar-refractivity contribution in [3.05, 3.63) is 29.6 Å². The Labute approximate surface area is 119 Å². The van der Waals surface area contributed by atoms with Crippen LogP contribution in [-0.2, 0) is 16.1 Å². The molecular formula is C15H21N3O2. The number of hydrogen-bond acceptors (Lipinski definition) is 3. The van der Waals surface area contributed by atoms with Crippen molar-refractivity contribution in [3.63, 3.8) is 0 Å². The topological polar surface area (TPSA) is 62.3 Å². The quantitative estimate of drug-likeness (QED) is 0.887. The van der Waals surface area contributed by atoms with Crippen LogP contribution in [0, 0.1) is 6.92 Å². The van der Waals surface area contributed by atoms with Crippen LogP contribution in [0.5, 0.6) is 0 Å². The third-order valence-electron chi connectivity index (χ3n) is 3.70. The molecule has 1 aromatic rings. The number of hydrogen-bond donors (Lipinski definition) is 1. The first-order valence-electron chi connectivity index (χ1n) is 6.84. The number of aromatic nitrogens is 1. The molecule has 2 amide bonds. The van der Waals surface area contributed by atoms with Crippen molar-refractivity contribution in [2.24, 2.45) is 0 Å². The monoisotopic (exact) mass is 275 g/mol. The lowest BCUT2D eigenvalue weighted by Crippen LogP contribution is -2.53. The van der Waals surface area contributed by atoms with Gasteiger partial charge in [-0.1, -0.05) is 6.07 Å². The van der Waals surface area contributed by atoms with Crippen LogP contribution in [0.3, 0.4) is 0 Å². The fraction of sp³-hybridized carbons (Fsp3) is 0.533. The number of carbonyl (C=O) groups is 2. The Morgan fingerprint density at radius 3 is 2.80 bits per heavy atom. The van der Waals surface area contributed by atoms with Crippen LogP contribution in [0.25, 0.3) is 0 Å². The van der Waals surface area contributed by atoms with Crippen molar-refractivity contribution in [3.8, 4) is 0 Å². The fourth-order valence-electron chi connectivity index (χ4n) is 2.46. The number of nitrogens with zero attached hydrogens (tertiary/aromatic N) is 2. The van der Waals surface area contributed by atoms with E-state index in [2.05, 4.69) is 10.3 Å². The Balaban J connectivity index is 2.30. The number of rotatable bonds is 2. The first-order valence-corrected chi connectivity index (χ1v) is 6.84. The summed E-state index contributed by atoms with van der Waals surface area (Å²) in [5.41, 5.74) is 1.05. The van der Waals surface area contributed by atoms with Gasteiger partial charge in [0.1, 0.15) is 5.54 Å². The molecule has 1 saturated heterocycles. The highest BCUT2D eigenvalue weighted by Crippen LogP contribution is 2.20. The average molecular weight is 275 g/mol. The number of pyridine rings is 1. The molecular weight excluding hydrogens is 254 g/mol. The van der Waals surface area contributed by atoms with Crippen LogP contribution < -0.4 is 5.32 Å². The SMILES string of the molecule is Cc1cccnc1CN1C(=O)C(C)(C)NC(=O)CC1C. The number of nitrogens with one attached hydrogen (secondary N) is 1. The Hall–Kier alpha value is -1.91. The van der Waals surface area contributed by atoms with E-state index in [1.807, 2.05) is 26.0 Å². The fourth-order valence-corrected chi connectivity index (χ4v) is 2.46. The zero-order valence-corrected chi connectivity index (χ0v) is 12.4. The van der Waals surface area contributed by atoms with Gasteiger partial charge in [-0.25, -0.2) is 0 Å². The van der Waals surface area contributed by atoms with Gasteiger partial charge in [0.15, 0.2) is 0 Å². The molecule has 1 aromatic heterocycles. The normalized spacial score (nSPS) is 22.4. The van der Waals surface area contributed by atoms with E-state index < -0.39 is 5.54 Å². The van der Waals surface area contributed by atoms with Gasteiger partial charge in [0.05, 0.1) is 12.2 Å². The van der Waals surface area contributed by atoms with Crippen LogP contribution in [0.15, 0.2) is 18.3 Å². The lowest BCUT2D eigenvalue weighted by atomic mass is 10.0. The molecule has 0 bridgehead atoms. The molecule has 1 atom stereocenters. The van der Waals surface area contributed by atoms with Crippen LogP contribution in [0.4, 0.5) is 0 Å². The largest absolute Gasteiger partial charge is 0.342 e. The zero-order valence-electron chi connectivity index (χ0n) is 12.4. The minimum absolute atomic E-state index is 0.0686. The average Bonchev–Trinajstić information content (AvgIpc) is 2.41. The number of carbonyl (C=O) groups excluding carboxylic acids is 2. The van der Waals surface area contributed by atoms with Crippen molar-refractivity contribution in [1.29, 1.82) is 0 Å². The summed E-state index contributed by atoms with van der Waals surface area (Å²) in [6.07, 6.45) is 2.05. The maximum Gasteiger partial charge on any atom is 0.248 e. The summed E-state index contributed by atoms with van der Waals surface area (Å²) < 4.78 is 0. The van der Waals surface area contributed by atoms with Gasteiger partial charge in [0, 0.05) is 18.7 Å². The Bertz CT molecular complexity index is 540. The van der Waals surface area contributed by atoms with Gasteiger partial charge in [-0.2, -0.15) is 0 Å². The molecule has 5 heteroatoms. The van der Waals surface area contributed by atoms with Gasteiger partial charge in [0.25, 0.3) is 0 Å². The second kappa shape index (κ2) is 5.23. The third-order valence-corrected chi connectivity index (χ3v) is 3.70. The molecule has 108 valence electrons. The van der Waals surface area contributed by atoms with Crippen molar-refractivity contribution in [2.75, 3.05) is 0 Å². The molecule has 20 heavy (non-hydrogen) atoms. The molecule has 1 aliphatic rings. The second-order valence-corrected chi connectivity index (χ2v) is 5.93. The van der Waals surface area contributed by atoms with Gasteiger partial charge in [-0.15, -0.1) is 0 Å². The molecule has 1 aliphatic heterocycles. The van der Waals surface area contributed by atoms with Crippen LogP contribution >= 0.6 is 0 Å². The maximum absolute atomic E-state index is 12.6. The first-order chi connectivity index (χ1) is 9.31. The summed E-state index contributed by atoms with van der Waals surface area (Å²) in [5.74, 6) is -0.156. The summed E-state index contributed by atoms with van der Waals surface area (Å²) in [4.78, 5) is 30.5. The third kappa shape index (κ3) is 2.81. The van der Waals surface area contributed by atoms with E-state index >= 15 is 0 Å². The zero-order chi connectivity index (χ0) is 14.9. The second-order valence-electron chi connectivity index (χ2n) is 5.93. The Morgan fingerprint density at radius 2 is 2.15 bits per heavy atom. The van der Waals surface area contributed by atoms with E-state index in [9.17, 15) is 9.59 Å². The molecule has 1 fully saturated rings. The van der Waals surface area contributed by atoms with E-state index in [4.69, 9.17) is 0 Å². The van der Waals surface area contributed by atoms with Crippen molar-refractivity contribution < 1.29 is 9.59 Å². The van der Waals surface area contributed by atoms with Gasteiger partial charge >= 0.3 is 0 Å². The predicted octanol–water partition coefficient (Wildman–Crippen LogP) is 1.41. The van der Waals surface area contributed by atoms with E-state index in [1.165, 1.54) is 0 Å². The summed E-state index contributed by atoms with van der Waals surface area (Å²) in [7, 11) is 0. The van der Waals surface area contributed by atoms with Gasteiger partial charge in [-0.3, -0.25) is 14.6 Å². The minimum atomic E-state index is -0.871. The molecule has 1 N–H and O–H groups in total. The molecule has 0 radical (unpaired) electrons. The highest BCUT2D eigenvalue weighted by Gasteiger charge is 2.39. The summed E-state index contributed by atoms with van der Waals surface area (Å²) in [6, 6.07) is 3.72. The highest BCUT2D eigenvalue weighted by atomic mass is 16.2. The summed E-state index contributed by atoms with van der Waals surface area (Å²) in [5, 5.41) is 2.78. The van der Waals surface area contributed by atoms with E-state index in [-0.39, 0.29) is 17.9 Å². The van der Waals surface area contributed by atoms with Crippen molar-refractivity contribution in [1.82, 2.24) is 15.2 Å². The molecule has 5 nitrogen and oxygen atoms in total. The summed E-state index contributed by atoms with van der Waals surface area (Å²) >= 11 is 0. The molecule has 2 heterocycles. The van der Waals surface area contributed by atoms with Crippen LogP contribution in [-0.4, -0.2) is 33.3 Å². The lowest BCUT2D eigenvalue weighted by molar-refractivity contribution is -0.139. The van der Waals surface area contributed by atoms with E-state index in [0.717, 1.165) is 11.3 Å². The van der Waals surface area contributed by atoms with Crippen molar-refractivity contribution >= 4 is 11.8 Å². The predicted molar refractivity (Wildman–Crippen MR) is 75.8 cm³/mol. The van der Waals surface area contributed by atoms with Gasteiger partial charge < -0.3 is 10.2 Å². The molecule has 0 saturated carbocycles. The molecule has 0 spiro atoms. The van der Waals surface area contributed by atoms with Gasteiger partial charge in [-0.05, 0) is 39.3 Å². The molecule has 0 aliphatic carbocycles. The maximum atomic E-state index is 12.6. The van der Waals surface area contributed by atoms with Crippen molar-refractivity contribution in [2.45, 2.75) is 52.2 Å². The number of amides is 2. The first kappa shape index (κ1) is 14.5. The van der Waals surface area contributed by atoms with E-state index in [0.29, 0.717) is 13.0 Å². The molecule has 1 unspecified atom stereocenters. The molecule has 0 aromatic carbocycles.